The maximum Gasteiger partial charge on any atom is 0.242 e. The van der Waals surface area contributed by atoms with E-state index in [1.165, 1.54) is 44.2 Å². The van der Waals surface area contributed by atoms with Crippen molar-refractivity contribution in [3.63, 3.8) is 0 Å². The molecule has 6 heteroatoms. The van der Waals surface area contributed by atoms with Crippen molar-refractivity contribution in [1.29, 1.82) is 0 Å². The molecule has 1 aromatic rings. The summed E-state index contributed by atoms with van der Waals surface area (Å²) in [5.41, 5.74) is 0.603. The molecule has 0 bridgehead atoms. The Balaban J connectivity index is 1.84. The average Bonchev–Trinajstić information content (AvgIpc) is 2.64. The Hall–Kier alpha value is -1.95. The molecule has 0 unspecified atom stereocenters. The van der Waals surface area contributed by atoms with Gasteiger partial charge in [-0.25, -0.2) is 4.39 Å². The first-order valence-electron chi connectivity index (χ1n) is 9.87. The lowest BCUT2D eigenvalue weighted by molar-refractivity contribution is -0.133. The quantitative estimate of drug-likeness (QED) is 0.719. The van der Waals surface area contributed by atoms with Crippen molar-refractivity contribution in [3.05, 3.63) is 35.6 Å². The van der Waals surface area contributed by atoms with E-state index in [0.29, 0.717) is 18.0 Å². The molecule has 0 atom stereocenters. The number of likely N-dealkylation sites (N-methyl/N-ethyl adjacent to an activating group) is 1. The monoisotopic (exact) mass is 377 g/mol. The van der Waals surface area contributed by atoms with Gasteiger partial charge in [-0.2, -0.15) is 0 Å². The van der Waals surface area contributed by atoms with E-state index < -0.39 is 0 Å². The van der Waals surface area contributed by atoms with E-state index in [1.807, 2.05) is 19.0 Å². The number of halogens is 1. The molecule has 0 heterocycles. The molecule has 0 saturated heterocycles. The average molecular weight is 378 g/mol. The second-order valence-electron chi connectivity index (χ2n) is 7.73. The van der Waals surface area contributed by atoms with Gasteiger partial charge in [0.25, 0.3) is 0 Å². The highest BCUT2D eigenvalue weighted by Crippen LogP contribution is 2.24. The van der Waals surface area contributed by atoms with E-state index in [1.54, 1.807) is 12.1 Å². The number of benzene rings is 1. The smallest absolute Gasteiger partial charge is 0.242 e. The zero-order chi connectivity index (χ0) is 19.6. The largest absolute Gasteiger partial charge is 0.347 e. The SMILES string of the molecule is CN(C)CCN(CC1CCCCC1)C(=O)CNC(=O)Cc1cccc(F)c1. The number of amides is 2. The summed E-state index contributed by atoms with van der Waals surface area (Å²) in [7, 11) is 3.98. The lowest BCUT2D eigenvalue weighted by Gasteiger charge is -2.30. The number of carbonyl (C=O) groups is 2. The molecule has 0 aliphatic heterocycles. The summed E-state index contributed by atoms with van der Waals surface area (Å²) in [6.45, 7) is 2.23. The van der Waals surface area contributed by atoms with Crippen LogP contribution >= 0.6 is 0 Å². The highest BCUT2D eigenvalue weighted by molar-refractivity contribution is 5.85. The predicted octanol–water partition coefficient (Wildman–Crippen LogP) is 2.45. The highest BCUT2D eigenvalue weighted by atomic mass is 19.1. The summed E-state index contributed by atoms with van der Waals surface area (Å²) in [4.78, 5) is 28.7. The number of rotatable bonds is 9. The maximum absolute atomic E-state index is 13.2. The molecule has 1 saturated carbocycles. The molecular formula is C21H32FN3O2. The Labute approximate surface area is 161 Å². The summed E-state index contributed by atoms with van der Waals surface area (Å²) in [6.07, 6.45) is 6.20. The van der Waals surface area contributed by atoms with Gasteiger partial charge in [-0.3, -0.25) is 9.59 Å². The first kappa shape index (κ1) is 21.4. The Kier molecular flexibility index (Phi) is 8.72. The Morgan fingerprint density at radius 2 is 1.89 bits per heavy atom. The van der Waals surface area contributed by atoms with Crippen LogP contribution in [0.1, 0.15) is 37.7 Å². The van der Waals surface area contributed by atoms with Gasteiger partial charge in [0.1, 0.15) is 5.82 Å². The summed E-state index contributed by atoms with van der Waals surface area (Å²) in [6, 6.07) is 5.97. The molecule has 2 amide bonds. The van der Waals surface area contributed by atoms with E-state index in [0.717, 1.165) is 13.1 Å². The van der Waals surface area contributed by atoms with Gasteiger partial charge in [0.05, 0.1) is 13.0 Å². The van der Waals surface area contributed by atoms with Crippen LogP contribution in [0.3, 0.4) is 0 Å². The Morgan fingerprint density at radius 1 is 1.15 bits per heavy atom. The van der Waals surface area contributed by atoms with Crippen LogP contribution in [0.5, 0.6) is 0 Å². The van der Waals surface area contributed by atoms with Gasteiger partial charge in [0, 0.05) is 19.6 Å². The third-order valence-corrected chi connectivity index (χ3v) is 5.06. The third kappa shape index (κ3) is 8.08. The van der Waals surface area contributed by atoms with Crippen LogP contribution in [0.2, 0.25) is 0 Å². The van der Waals surface area contributed by atoms with Crippen LogP contribution in [-0.2, 0) is 16.0 Å². The number of nitrogens with one attached hydrogen (secondary N) is 1. The normalized spacial score (nSPS) is 15.0. The molecule has 1 aliphatic carbocycles. The van der Waals surface area contributed by atoms with Crippen molar-refractivity contribution in [2.24, 2.45) is 5.92 Å². The first-order chi connectivity index (χ1) is 12.9. The Morgan fingerprint density at radius 3 is 2.56 bits per heavy atom. The molecule has 1 fully saturated rings. The number of nitrogens with zero attached hydrogens (tertiary/aromatic N) is 2. The van der Waals surface area contributed by atoms with Gasteiger partial charge in [-0.1, -0.05) is 31.4 Å². The minimum absolute atomic E-state index is 0.00566. The number of carbonyl (C=O) groups excluding carboxylic acids is 2. The van der Waals surface area contributed by atoms with E-state index in [9.17, 15) is 14.0 Å². The summed E-state index contributed by atoms with van der Waals surface area (Å²) < 4.78 is 13.2. The fourth-order valence-electron chi connectivity index (χ4n) is 3.50. The standard InChI is InChI=1S/C21H32FN3O2/c1-24(2)11-12-25(16-17-7-4-3-5-8-17)21(27)15-23-20(26)14-18-9-6-10-19(22)13-18/h6,9-10,13,17H,3-5,7-8,11-12,14-16H2,1-2H3,(H,23,26). The number of hydrogen-bond donors (Lipinski definition) is 1. The Bertz CT molecular complexity index is 615. The third-order valence-electron chi connectivity index (χ3n) is 5.06. The van der Waals surface area contributed by atoms with Crippen molar-refractivity contribution in [1.82, 2.24) is 15.1 Å². The molecule has 1 aromatic carbocycles. The van der Waals surface area contributed by atoms with Crippen LogP contribution in [-0.4, -0.2) is 61.9 Å². The van der Waals surface area contributed by atoms with Crippen LogP contribution < -0.4 is 5.32 Å². The molecule has 0 spiro atoms. The molecular weight excluding hydrogens is 345 g/mol. The zero-order valence-corrected chi connectivity index (χ0v) is 16.5. The van der Waals surface area contributed by atoms with Crippen LogP contribution in [0.25, 0.3) is 0 Å². The lowest BCUT2D eigenvalue weighted by Crippen LogP contribution is -2.45. The van der Waals surface area contributed by atoms with Crippen LogP contribution in [0.15, 0.2) is 24.3 Å². The van der Waals surface area contributed by atoms with Gasteiger partial charge in [0.2, 0.25) is 11.8 Å². The molecule has 1 aliphatic rings. The maximum atomic E-state index is 13.2. The van der Waals surface area contributed by atoms with Gasteiger partial charge in [0.15, 0.2) is 0 Å². The topological polar surface area (TPSA) is 52.6 Å². The van der Waals surface area contributed by atoms with Crippen LogP contribution in [0.4, 0.5) is 4.39 Å². The minimum atomic E-state index is -0.362. The minimum Gasteiger partial charge on any atom is -0.347 e. The molecule has 0 aromatic heterocycles. The molecule has 5 nitrogen and oxygen atoms in total. The van der Waals surface area contributed by atoms with Crippen molar-refractivity contribution in [3.8, 4) is 0 Å². The van der Waals surface area contributed by atoms with Gasteiger partial charge < -0.3 is 15.1 Å². The predicted molar refractivity (Wildman–Crippen MR) is 105 cm³/mol. The fourth-order valence-corrected chi connectivity index (χ4v) is 3.50. The summed E-state index contributed by atoms with van der Waals surface area (Å²) >= 11 is 0. The van der Waals surface area contributed by atoms with Crippen molar-refractivity contribution >= 4 is 11.8 Å². The molecule has 1 N–H and O–H groups in total. The second kappa shape index (κ2) is 11.0. The number of hydrogen-bond acceptors (Lipinski definition) is 3. The fraction of sp³-hybridized carbons (Fsp3) is 0.619. The zero-order valence-electron chi connectivity index (χ0n) is 16.5. The molecule has 2 rings (SSSR count). The van der Waals surface area contributed by atoms with Gasteiger partial charge >= 0.3 is 0 Å². The van der Waals surface area contributed by atoms with Gasteiger partial charge in [-0.05, 0) is 50.6 Å². The molecule has 27 heavy (non-hydrogen) atoms. The van der Waals surface area contributed by atoms with E-state index in [4.69, 9.17) is 0 Å². The molecule has 0 radical (unpaired) electrons. The summed E-state index contributed by atoms with van der Waals surface area (Å²) in [5.74, 6) is -0.110. The van der Waals surface area contributed by atoms with Crippen molar-refractivity contribution < 1.29 is 14.0 Å². The van der Waals surface area contributed by atoms with E-state index in [2.05, 4.69) is 10.2 Å². The van der Waals surface area contributed by atoms with Crippen LogP contribution in [0, 0.1) is 11.7 Å². The summed E-state index contributed by atoms with van der Waals surface area (Å²) in [5, 5.41) is 2.69. The second-order valence-corrected chi connectivity index (χ2v) is 7.73. The first-order valence-corrected chi connectivity index (χ1v) is 9.87. The lowest BCUT2D eigenvalue weighted by atomic mass is 9.89. The van der Waals surface area contributed by atoms with E-state index >= 15 is 0 Å². The highest BCUT2D eigenvalue weighted by Gasteiger charge is 2.21. The van der Waals surface area contributed by atoms with Crippen molar-refractivity contribution in [2.75, 3.05) is 40.3 Å². The van der Waals surface area contributed by atoms with Crippen molar-refractivity contribution in [2.45, 2.75) is 38.5 Å². The van der Waals surface area contributed by atoms with E-state index in [-0.39, 0.29) is 30.6 Å². The van der Waals surface area contributed by atoms with Gasteiger partial charge in [-0.15, -0.1) is 0 Å². The molecule has 150 valence electrons.